The van der Waals surface area contributed by atoms with E-state index in [0.717, 1.165) is 59.8 Å². The summed E-state index contributed by atoms with van der Waals surface area (Å²) in [5, 5.41) is 6.01. The maximum Gasteiger partial charge on any atom is 0.232 e. The van der Waals surface area contributed by atoms with E-state index in [1.54, 1.807) is 11.3 Å². The van der Waals surface area contributed by atoms with Gasteiger partial charge in [-0.25, -0.2) is 4.98 Å². The van der Waals surface area contributed by atoms with Crippen molar-refractivity contribution in [3.63, 3.8) is 0 Å². The zero-order chi connectivity index (χ0) is 19.3. The normalized spacial score (nSPS) is 30.8. The first-order valence-electron chi connectivity index (χ1n) is 10.9. The number of benzene rings is 1. The number of carbonyl (C=O) groups is 1. The van der Waals surface area contributed by atoms with Gasteiger partial charge in [0.05, 0.1) is 11.1 Å². The second kappa shape index (κ2) is 6.98. The number of nitrogens with one attached hydrogen (secondary N) is 1. The summed E-state index contributed by atoms with van der Waals surface area (Å²) in [5.41, 5.74) is 3.34. The Balaban J connectivity index is 1.28. The molecule has 1 aromatic heterocycles. The summed E-state index contributed by atoms with van der Waals surface area (Å²) in [4.78, 5) is 17.9. The number of carbonyl (C=O) groups excluding carboxylic acids is 1. The molecular formula is C24H30N2OS. The van der Waals surface area contributed by atoms with Gasteiger partial charge in [0.15, 0.2) is 5.13 Å². The maximum absolute atomic E-state index is 13.2. The summed E-state index contributed by atoms with van der Waals surface area (Å²) in [6.07, 6.45) is 8.48. The Morgan fingerprint density at radius 2 is 1.71 bits per heavy atom. The first kappa shape index (κ1) is 18.4. The highest BCUT2D eigenvalue weighted by molar-refractivity contribution is 7.14. The van der Waals surface area contributed by atoms with Crippen molar-refractivity contribution in [2.45, 2.75) is 58.8 Å². The third kappa shape index (κ3) is 3.41. The summed E-state index contributed by atoms with van der Waals surface area (Å²) >= 11 is 1.55. The number of amides is 1. The number of hydrogen-bond acceptors (Lipinski definition) is 3. The fourth-order valence-corrected chi connectivity index (χ4v) is 7.08. The highest BCUT2D eigenvalue weighted by Crippen LogP contribution is 2.60. The summed E-state index contributed by atoms with van der Waals surface area (Å²) in [7, 11) is 0. The minimum Gasteiger partial charge on any atom is -0.301 e. The third-order valence-corrected chi connectivity index (χ3v) is 7.90. The monoisotopic (exact) mass is 394 g/mol. The fraction of sp³-hybridized carbons (Fsp3) is 0.583. The molecule has 1 N–H and O–H groups in total. The highest BCUT2D eigenvalue weighted by Gasteiger charge is 2.54. The summed E-state index contributed by atoms with van der Waals surface area (Å²) in [6, 6.07) is 8.69. The van der Waals surface area contributed by atoms with Crippen LogP contribution in [0.4, 0.5) is 5.13 Å². The molecule has 0 spiro atoms. The first-order valence-corrected chi connectivity index (χ1v) is 11.7. The van der Waals surface area contributed by atoms with Crippen molar-refractivity contribution in [1.82, 2.24) is 4.98 Å². The van der Waals surface area contributed by atoms with Gasteiger partial charge in [0, 0.05) is 10.9 Å². The molecule has 4 fully saturated rings. The average molecular weight is 395 g/mol. The van der Waals surface area contributed by atoms with E-state index in [4.69, 9.17) is 4.98 Å². The Morgan fingerprint density at radius 1 is 1.11 bits per heavy atom. The molecule has 4 aliphatic carbocycles. The lowest BCUT2D eigenvalue weighted by atomic mass is 9.49. The van der Waals surface area contributed by atoms with E-state index >= 15 is 0 Å². The second-order valence-electron chi connectivity index (χ2n) is 9.98. The van der Waals surface area contributed by atoms with Crippen LogP contribution in [-0.4, -0.2) is 10.9 Å². The van der Waals surface area contributed by atoms with Crippen LogP contribution in [0.1, 0.15) is 57.9 Å². The van der Waals surface area contributed by atoms with E-state index in [1.165, 1.54) is 24.8 Å². The lowest BCUT2D eigenvalue weighted by Crippen LogP contribution is -2.51. The Morgan fingerprint density at radius 3 is 2.29 bits per heavy atom. The van der Waals surface area contributed by atoms with Crippen molar-refractivity contribution in [1.29, 1.82) is 0 Å². The van der Waals surface area contributed by atoms with Crippen LogP contribution in [-0.2, 0) is 11.2 Å². The van der Waals surface area contributed by atoms with Crippen molar-refractivity contribution in [2.75, 3.05) is 5.32 Å². The molecule has 1 amide bonds. The molecule has 3 nitrogen and oxygen atoms in total. The van der Waals surface area contributed by atoms with Crippen molar-refractivity contribution in [2.24, 2.45) is 29.1 Å². The lowest BCUT2D eigenvalue weighted by Gasteiger charge is -2.55. The van der Waals surface area contributed by atoms with Gasteiger partial charge in [-0.15, -0.1) is 11.3 Å². The van der Waals surface area contributed by atoms with Crippen molar-refractivity contribution in [3.8, 4) is 11.3 Å². The van der Waals surface area contributed by atoms with Crippen molar-refractivity contribution >= 4 is 22.4 Å². The Labute approximate surface area is 172 Å². The Hall–Kier alpha value is -1.68. The van der Waals surface area contributed by atoms with Crippen LogP contribution in [0, 0.1) is 29.1 Å². The van der Waals surface area contributed by atoms with Crippen molar-refractivity contribution < 1.29 is 4.79 Å². The smallest absolute Gasteiger partial charge is 0.232 e. The molecule has 1 aromatic carbocycles. The van der Waals surface area contributed by atoms with Gasteiger partial charge in [0.2, 0.25) is 5.91 Å². The minimum atomic E-state index is -0.112. The molecule has 4 bridgehead atoms. The molecule has 0 aliphatic heterocycles. The molecule has 1 heterocycles. The molecule has 0 radical (unpaired) electrons. The van der Waals surface area contributed by atoms with E-state index in [1.807, 2.05) is 0 Å². The van der Waals surface area contributed by atoms with Crippen LogP contribution in [0.15, 0.2) is 29.6 Å². The summed E-state index contributed by atoms with van der Waals surface area (Å²) in [6.45, 7) is 4.49. The van der Waals surface area contributed by atoms with Gasteiger partial charge in [-0.2, -0.15) is 0 Å². The second-order valence-corrected chi connectivity index (χ2v) is 10.8. The van der Waals surface area contributed by atoms with Gasteiger partial charge >= 0.3 is 0 Å². The van der Waals surface area contributed by atoms with Gasteiger partial charge in [-0.05, 0) is 74.2 Å². The molecule has 2 aromatic rings. The summed E-state index contributed by atoms with van der Waals surface area (Å²) < 4.78 is 0. The highest BCUT2D eigenvalue weighted by atomic mass is 32.1. The number of hydrogen-bond donors (Lipinski definition) is 1. The van der Waals surface area contributed by atoms with Crippen molar-refractivity contribution in [3.05, 3.63) is 35.2 Å². The summed E-state index contributed by atoms with van der Waals surface area (Å²) in [5.74, 6) is 3.26. The predicted molar refractivity (Wildman–Crippen MR) is 115 cm³/mol. The number of rotatable bonds is 5. The van der Waals surface area contributed by atoms with Gasteiger partial charge in [0.25, 0.3) is 0 Å². The Bertz CT molecular complexity index is 832. The van der Waals surface area contributed by atoms with Gasteiger partial charge in [-0.1, -0.05) is 38.1 Å². The van der Waals surface area contributed by atoms with Crippen LogP contribution in [0.3, 0.4) is 0 Å². The van der Waals surface area contributed by atoms with E-state index in [9.17, 15) is 4.79 Å². The van der Waals surface area contributed by atoms with Gasteiger partial charge in [0.1, 0.15) is 0 Å². The zero-order valence-corrected chi connectivity index (χ0v) is 17.7. The fourth-order valence-electron chi connectivity index (χ4n) is 6.37. The van der Waals surface area contributed by atoms with Crippen LogP contribution >= 0.6 is 11.3 Å². The maximum atomic E-state index is 13.2. The number of aromatic nitrogens is 1. The molecule has 4 heteroatoms. The van der Waals surface area contributed by atoms with Crippen LogP contribution in [0.2, 0.25) is 0 Å². The SMILES string of the molecule is CC(C)Cc1ccc(-c2csc(NC(=O)C34CC5CC(CC(C5)C3)C4)n2)cc1. The molecule has 148 valence electrons. The standard InChI is InChI=1S/C24H30N2OS/c1-15(2)7-16-3-5-20(6-4-16)21-14-28-23(25-21)26-22(27)24-11-17-8-18(12-24)10-19(9-17)13-24/h3-6,14-15,17-19H,7-13H2,1-2H3,(H,25,26,27). The largest absolute Gasteiger partial charge is 0.301 e. The van der Waals surface area contributed by atoms with E-state index < -0.39 is 0 Å². The molecule has 6 rings (SSSR count). The van der Waals surface area contributed by atoms with Gasteiger partial charge < -0.3 is 5.32 Å². The molecule has 0 unspecified atom stereocenters. The van der Waals surface area contributed by atoms with Crippen LogP contribution in [0.5, 0.6) is 0 Å². The Kier molecular flexibility index (Phi) is 4.58. The van der Waals surface area contributed by atoms with E-state index in [0.29, 0.717) is 5.92 Å². The molecule has 0 atom stereocenters. The third-order valence-electron chi connectivity index (χ3n) is 7.14. The van der Waals surface area contributed by atoms with E-state index in [2.05, 4.69) is 48.8 Å². The molecule has 28 heavy (non-hydrogen) atoms. The number of nitrogens with zero attached hydrogens (tertiary/aromatic N) is 1. The first-order chi connectivity index (χ1) is 13.5. The van der Waals surface area contributed by atoms with Crippen LogP contribution < -0.4 is 5.32 Å². The van der Waals surface area contributed by atoms with E-state index in [-0.39, 0.29) is 11.3 Å². The minimum absolute atomic E-state index is 0.112. The molecular weight excluding hydrogens is 364 g/mol. The molecule has 0 saturated heterocycles. The van der Waals surface area contributed by atoms with Crippen LogP contribution in [0.25, 0.3) is 11.3 Å². The lowest BCUT2D eigenvalue weighted by molar-refractivity contribution is -0.140. The number of anilines is 1. The number of thiazole rings is 1. The van der Waals surface area contributed by atoms with Gasteiger partial charge in [-0.3, -0.25) is 4.79 Å². The topological polar surface area (TPSA) is 42.0 Å². The molecule has 4 saturated carbocycles. The molecule has 4 aliphatic rings. The average Bonchev–Trinajstić information content (AvgIpc) is 3.09. The predicted octanol–water partition coefficient (Wildman–Crippen LogP) is 6.16. The zero-order valence-electron chi connectivity index (χ0n) is 16.9. The quantitative estimate of drug-likeness (QED) is 0.659.